The molecule has 10 heteroatoms. The van der Waals surface area contributed by atoms with Crippen molar-refractivity contribution >= 4 is 21.8 Å². The smallest absolute Gasteiger partial charge is 0.339 e. The number of nitrogens with zero attached hydrogens (tertiary/aromatic N) is 1. The van der Waals surface area contributed by atoms with Crippen LogP contribution in [0.1, 0.15) is 18.4 Å². The maximum atomic E-state index is 13.3. The molecule has 8 nitrogen and oxygen atoms in total. The molecule has 0 aromatic heterocycles. The van der Waals surface area contributed by atoms with E-state index in [9.17, 15) is 17.6 Å². The Morgan fingerprint density at radius 3 is 2.44 bits per heavy atom. The summed E-state index contributed by atoms with van der Waals surface area (Å²) >= 11 is 0. The molecule has 4 rings (SSSR count). The second-order valence-electron chi connectivity index (χ2n) is 8.25. The van der Waals surface area contributed by atoms with Crippen LogP contribution in [0.2, 0.25) is 0 Å². The van der Waals surface area contributed by atoms with E-state index < -0.39 is 22.0 Å². The number of benzene rings is 3. The summed E-state index contributed by atoms with van der Waals surface area (Å²) in [5, 5.41) is 2.87. The van der Waals surface area contributed by atoms with Crippen molar-refractivity contribution in [1.82, 2.24) is 4.90 Å². The van der Waals surface area contributed by atoms with Gasteiger partial charge in [0.15, 0.2) is 0 Å². The van der Waals surface area contributed by atoms with Crippen LogP contribution in [0.3, 0.4) is 0 Å². The van der Waals surface area contributed by atoms with Crippen molar-refractivity contribution in [2.45, 2.75) is 30.4 Å². The lowest BCUT2D eigenvalue weighted by molar-refractivity contribution is 0.0818. The van der Waals surface area contributed by atoms with Gasteiger partial charge in [0.25, 0.3) is 0 Å². The molecular formula is C26H27FN2O6S. The lowest BCUT2D eigenvalue weighted by Gasteiger charge is -2.27. The van der Waals surface area contributed by atoms with Gasteiger partial charge in [-0.25, -0.2) is 9.18 Å². The highest BCUT2D eigenvalue weighted by Crippen LogP contribution is 2.27. The summed E-state index contributed by atoms with van der Waals surface area (Å²) < 4.78 is 55.3. The first-order chi connectivity index (χ1) is 17.4. The Hall–Kier alpha value is -3.63. The quantitative estimate of drug-likeness (QED) is 0.412. The Morgan fingerprint density at radius 2 is 1.75 bits per heavy atom. The van der Waals surface area contributed by atoms with Crippen molar-refractivity contribution in [3.63, 3.8) is 0 Å². The van der Waals surface area contributed by atoms with Crippen LogP contribution in [-0.2, 0) is 21.4 Å². The number of para-hydroxylation sites is 3. The van der Waals surface area contributed by atoms with E-state index in [-0.39, 0.29) is 23.3 Å². The third-order valence-corrected chi connectivity index (χ3v) is 6.97. The normalized spacial score (nSPS) is 15.3. The summed E-state index contributed by atoms with van der Waals surface area (Å²) in [6.07, 6.45) is 1.59. The molecule has 1 heterocycles. The number of hydrogen-bond acceptors (Lipinski definition) is 6. The number of rotatable bonds is 9. The van der Waals surface area contributed by atoms with E-state index in [2.05, 4.69) is 5.32 Å². The molecular weight excluding hydrogens is 487 g/mol. The summed E-state index contributed by atoms with van der Waals surface area (Å²) in [6.45, 7) is 0.998. The molecule has 190 valence electrons. The minimum Gasteiger partial charge on any atom is -0.495 e. The van der Waals surface area contributed by atoms with Crippen molar-refractivity contribution in [1.29, 1.82) is 0 Å². The minimum absolute atomic E-state index is 0.0654. The van der Waals surface area contributed by atoms with Crippen LogP contribution in [0.15, 0.2) is 77.7 Å². The van der Waals surface area contributed by atoms with Crippen LogP contribution in [0.25, 0.3) is 0 Å². The Morgan fingerprint density at radius 1 is 1.06 bits per heavy atom. The number of nitrogens with one attached hydrogen (secondary N) is 1. The van der Waals surface area contributed by atoms with Crippen LogP contribution in [-0.4, -0.2) is 45.7 Å². The number of halogens is 1. The predicted octanol–water partition coefficient (Wildman–Crippen LogP) is 4.82. The fourth-order valence-electron chi connectivity index (χ4n) is 3.88. The van der Waals surface area contributed by atoms with Crippen molar-refractivity contribution in [3.8, 4) is 11.5 Å². The Balaban J connectivity index is 1.58. The van der Waals surface area contributed by atoms with Crippen molar-refractivity contribution in [3.05, 3.63) is 84.2 Å². The van der Waals surface area contributed by atoms with Gasteiger partial charge in [0.05, 0.1) is 25.4 Å². The zero-order valence-corrected chi connectivity index (χ0v) is 20.5. The first-order valence-corrected chi connectivity index (χ1v) is 12.8. The fourth-order valence-corrected chi connectivity index (χ4v) is 4.85. The molecule has 1 aliphatic heterocycles. The highest BCUT2D eigenvalue weighted by atomic mass is 32.2. The number of ether oxygens (including phenoxy) is 2. The molecule has 0 unspecified atom stereocenters. The number of amides is 2. The van der Waals surface area contributed by atoms with E-state index in [1.54, 1.807) is 47.4 Å². The number of carbonyl (C=O) groups excluding carboxylic acids is 1. The summed E-state index contributed by atoms with van der Waals surface area (Å²) in [5.41, 5.74) is 0.988. The van der Waals surface area contributed by atoms with Gasteiger partial charge in [0.1, 0.15) is 22.2 Å². The largest absolute Gasteiger partial charge is 0.495 e. The second-order valence-corrected chi connectivity index (χ2v) is 9.79. The van der Waals surface area contributed by atoms with E-state index in [1.165, 1.54) is 13.2 Å². The van der Waals surface area contributed by atoms with Gasteiger partial charge < -0.3 is 23.9 Å². The maximum Gasteiger partial charge on any atom is 0.339 e. The molecule has 1 fully saturated rings. The molecule has 0 radical (unpaired) electrons. The Bertz CT molecular complexity index is 1290. The van der Waals surface area contributed by atoms with Crippen LogP contribution < -0.4 is 14.2 Å². The lowest BCUT2D eigenvalue weighted by atomic mass is 10.1. The summed E-state index contributed by atoms with van der Waals surface area (Å²) in [6, 6.07) is 17.6. The van der Waals surface area contributed by atoms with E-state index in [0.29, 0.717) is 30.2 Å². The molecule has 1 N–H and O–H groups in total. The molecule has 1 atom stereocenters. The van der Waals surface area contributed by atoms with Crippen molar-refractivity contribution < 1.29 is 31.3 Å². The molecule has 0 bridgehead atoms. The third-order valence-electron chi connectivity index (χ3n) is 5.72. The van der Waals surface area contributed by atoms with Gasteiger partial charge in [-0.1, -0.05) is 30.3 Å². The van der Waals surface area contributed by atoms with Gasteiger partial charge in [-0.15, -0.1) is 0 Å². The second kappa shape index (κ2) is 11.4. The predicted molar refractivity (Wildman–Crippen MR) is 132 cm³/mol. The minimum atomic E-state index is -4.22. The summed E-state index contributed by atoms with van der Waals surface area (Å²) in [7, 11) is -2.70. The summed E-state index contributed by atoms with van der Waals surface area (Å²) in [4.78, 5) is 14.7. The molecule has 0 aliphatic carbocycles. The number of urea groups is 1. The lowest BCUT2D eigenvalue weighted by Crippen LogP contribution is -2.39. The maximum absolute atomic E-state index is 13.3. The number of hydrogen-bond donors (Lipinski definition) is 1. The first kappa shape index (κ1) is 25.5. The fraction of sp³-hybridized carbons (Fsp3) is 0.269. The molecule has 3 aromatic rings. The van der Waals surface area contributed by atoms with E-state index >= 15 is 0 Å². The monoisotopic (exact) mass is 514 g/mol. The SMILES string of the molecule is COc1ccccc1NC(=O)N(Cc1ccccc1OS(=O)(=O)c1ccc(F)cc1)C[C@@H]1CCCO1. The van der Waals surface area contributed by atoms with Gasteiger partial charge in [0.2, 0.25) is 0 Å². The van der Waals surface area contributed by atoms with Crippen molar-refractivity contribution in [2.75, 3.05) is 25.6 Å². The highest BCUT2D eigenvalue weighted by Gasteiger charge is 2.25. The van der Waals surface area contributed by atoms with Crippen molar-refractivity contribution in [2.24, 2.45) is 0 Å². The molecule has 2 amide bonds. The van der Waals surface area contributed by atoms with Gasteiger partial charge in [0, 0.05) is 18.7 Å². The third kappa shape index (κ3) is 6.32. The van der Waals surface area contributed by atoms with Crippen LogP contribution in [0.4, 0.5) is 14.9 Å². The first-order valence-electron chi connectivity index (χ1n) is 11.4. The highest BCUT2D eigenvalue weighted by molar-refractivity contribution is 7.87. The molecule has 0 saturated carbocycles. The standard InChI is InChI=1S/C26H27FN2O6S/c1-33-25-11-5-3-9-23(25)28-26(30)29(18-21-8-6-16-34-21)17-19-7-2-4-10-24(19)35-36(31,32)22-14-12-20(27)13-15-22/h2-5,7,9-15,21H,6,8,16-18H2,1H3,(H,28,30)/t21-/m0/s1. The van der Waals surface area contributed by atoms with E-state index in [4.69, 9.17) is 13.7 Å². The van der Waals surface area contributed by atoms with Crippen LogP contribution >= 0.6 is 0 Å². The van der Waals surface area contributed by atoms with Crippen LogP contribution in [0.5, 0.6) is 11.5 Å². The molecule has 1 aliphatic rings. The zero-order valence-electron chi connectivity index (χ0n) is 19.7. The van der Waals surface area contributed by atoms with Gasteiger partial charge >= 0.3 is 16.1 Å². The number of methoxy groups -OCH3 is 1. The van der Waals surface area contributed by atoms with Crippen LogP contribution in [0, 0.1) is 5.82 Å². The van der Waals surface area contributed by atoms with Gasteiger partial charge in [-0.2, -0.15) is 8.42 Å². The summed E-state index contributed by atoms with van der Waals surface area (Å²) in [5.74, 6) is 0.0291. The van der Waals surface area contributed by atoms with Gasteiger partial charge in [-0.3, -0.25) is 0 Å². The average molecular weight is 515 g/mol. The Labute approximate surface area is 209 Å². The number of carbonyl (C=O) groups is 1. The molecule has 36 heavy (non-hydrogen) atoms. The zero-order chi connectivity index (χ0) is 25.5. The Kier molecular flexibility index (Phi) is 8.07. The van der Waals surface area contributed by atoms with Gasteiger partial charge in [-0.05, 0) is 55.3 Å². The molecule has 3 aromatic carbocycles. The topological polar surface area (TPSA) is 94.2 Å². The molecule has 0 spiro atoms. The molecule has 1 saturated heterocycles. The van der Waals surface area contributed by atoms with E-state index in [0.717, 1.165) is 37.1 Å². The number of anilines is 1. The average Bonchev–Trinajstić information content (AvgIpc) is 3.38. The van der Waals surface area contributed by atoms with E-state index in [1.807, 2.05) is 0 Å².